The van der Waals surface area contributed by atoms with Crippen LogP contribution >= 0.6 is 11.6 Å². The van der Waals surface area contributed by atoms with Crippen molar-refractivity contribution in [2.24, 2.45) is 0 Å². The number of likely N-dealkylation sites (N-methyl/N-ethyl adjacent to an activating group) is 1. The van der Waals surface area contributed by atoms with Crippen LogP contribution in [0.2, 0.25) is 5.02 Å². The first kappa shape index (κ1) is 29.1. The molecule has 0 spiro atoms. The van der Waals surface area contributed by atoms with E-state index >= 15 is 4.39 Å². The Kier molecular flexibility index (Phi) is 10.2. The number of halogens is 2. The van der Waals surface area contributed by atoms with Gasteiger partial charge in [0, 0.05) is 42.3 Å². The number of rotatable bonds is 12. The lowest BCUT2D eigenvalue weighted by Crippen LogP contribution is -2.25. The summed E-state index contributed by atoms with van der Waals surface area (Å²) >= 11 is 6.64. The fourth-order valence-electron chi connectivity index (χ4n) is 4.72. The molecule has 0 amide bonds. The van der Waals surface area contributed by atoms with E-state index in [4.69, 9.17) is 25.8 Å². The van der Waals surface area contributed by atoms with Gasteiger partial charge in [0.1, 0.15) is 12.4 Å². The number of nitriles is 1. The molecule has 4 aromatic carbocycles. The third-order valence-electron chi connectivity index (χ3n) is 6.74. The Balaban J connectivity index is 1.71. The lowest BCUT2D eigenvalue weighted by atomic mass is 9.88. The van der Waals surface area contributed by atoms with Crippen LogP contribution in [0, 0.1) is 17.1 Å². The molecule has 0 N–H and O–H groups in total. The van der Waals surface area contributed by atoms with Crippen molar-refractivity contribution in [2.75, 3.05) is 41.0 Å². The van der Waals surface area contributed by atoms with Gasteiger partial charge in [-0.2, -0.15) is 5.26 Å². The molecule has 0 saturated carbocycles. The van der Waals surface area contributed by atoms with E-state index in [1.807, 2.05) is 42.5 Å². The zero-order valence-electron chi connectivity index (χ0n) is 22.9. The summed E-state index contributed by atoms with van der Waals surface area (Å²) in [6.45, 7) is 1.93. The van der Waals surface area contributed by atoms with E-state index in [0.29, 0.717) is 23.7 Å². The third-order valence-corrected chi connectivity index (χ3v) is 7.07. The van der Waals surface area contributed by atoms with Gasteiger partial charge in [-0.15, -0.1) is 0 Å². The lowest BCUT2D eigenvalue weighted by molar-refractivity contribution is 0.144. The van der Waals surface area contributed by atoms with Gasteiger partial charge < -0.3 is 19.1 Å². The first-order valence-corrected chi connectivity index (χ1v) is 13.3. The number of methoxy groups -OCH3 is 2. The second-order valence-electron chi connectivity index (χ2n) is 9.50. The fraction of sp³-hybridized carbons (Fsp3) is 0.242. The number of nitrogens with zero attached hydrogens (tertiary/aromatic N) is 2. The molecule has 0 aromatic heterocycles. The van der Waals surface area contributed by atoms with Crippen LogP contribution in [-0.2, 0) is 11.3 Å². The van der Waals surface area contributed by atoms with Gasteiger partial charge in [-0.25, -0.2) is 4.39 Å². The Hall–Kier alpha value is -3.89. The van der Waals surface area contributed by atoms with Crippen molar-refractivity contribution >= 4 is 11.6 Å². The van der Waals surface area contributed by atoms with Crippen molar-refractivity contribution in [1.82, 2.24) is 4.90 Å². The topological polar surface area (TPSA) is 54.7 Å². The summed E-state index contributed by atoms with van der Waals surface area (Å²) in [4.78, 5) is 2.25. The van der Waals surface area contributed by atoms with E-state index in [0.717, 1.165) is 29.0 Å². The summed E-state index contributed by atoms with van der Waals surface area (Å²) in [6.07, 6.45) is 0. The van der Waals surface area contributed by atoms with E-state index in [-0.39, 0.29) is 29.4 Å². The maximum Gasteiger partial charge on any atom is 0.174 e. The Morgan fingerprint density at radius 3 is 2.35 bits per heavy atom. The highest BCUT2D eigenvalue weighted by molar-refractivity contribution is 6.33. The quantitative estimate of drug-likeness (QED) is 0.171. The molecule has 0 aliphatic carbocycles. The van der Waals surface area contributed by atoms with E-state index < -0.39 is 5.82 Å². The van der Waals surface area contributed by atoms with Crippen molar-refractivity contribution in [2.45, 2.75) is 12.5 Å². The third kappa shape index (κ3) is 7.00. The molecular formula is C33H32ClFN2O3. The molecule has 206 valence electrons. The highest BCUT2D eigenvalue weighted by Gasteiger charge is 2.22. The monoisotopic (exact) mass is 558 g/mol. The van der Waals surface area contributed by atoms with Gasteiger partial charge in [0.25, 0.3) is 0 Å². The number of benzene rings is 4. The number of ether oxygens (including phenoxy) is 3. The van der Waals surface area contributed by atoms with Crippen molar-refractivity contribution in [3.8, 4) is 28.7 Å². The normalized spacial score (nSPS) is 11.7. The van der Waals surface area contributed by atoms with Crippen molar-refractivity contribution in [3.05, 3.63) is 118 Å². The maximum absolute atomic E-state index is 15.8. The predicted octanol–water partition coefficient (Wildman–Crippen LogP) is 7.32. The van der Waals surface area contributed by atoms with Gasteiger partial charge in [-0.1, -0.05) is 60.1 Å². The van der Waals surface area contributed by atoms with Crippen LogP contribution in [0.4, 0.5) is 4.39 Å². The molecule has 0 saturated heterocycles. The summed E-state index contributed by atoms with van der Waals surface area (Å²) in [6, 6.07) is 29.0. The van der Waals surface area contributed by atoms with Crippen LogP contribution in [0.1, 0.15) is 28.2 Å². The molecule has 0 heterocycles. The zero-order chi connectivity index (χ0) is 28.5. The Morgan fingerprint density at radius 2 is 1.68 bits per heavy atom. The van der Waals surface area contributed by atoms with Gasteiger partial charge in [0.2, 0.25) is 0 Å². The van der Waals surface area contributed by atoms with Gasteiger partial charge >= 0.3 is 0 Å². The van der Waals surface area contributed by atoms with Crippen molar-refractivity contribution in [3.63, 3.8) is 0 Å². The maximum atomic E-state index is 15.8. The summed E-state index contributed by atoms with van der Waals surface area (Å²) in [7, 11) is 5.28. The summed E-state index contributed by atoms with van der Waals surface area (Å²) in [5, 5.41) is 10.2. The van der Waals surface area contributed by atoms with Crippen molar-refractivity contribution < 1.29 is 18.6 Å². The minimum atomic E-state index is -0.623. The first-order chi connectivity index (χ1) is 19.4. The fourth-order valence-corrected chi connectivity index (χ4v) is 4.93. The van der Waals surface area contributed by atoms with Crippen LogP contribution in [-0.4, -0.2) is 45.9 Å². The second kappa shape index (κ2) is 14.0. The highest BCUT2D eigenvalue weighted by atomic mass is 35.5. The first-order valence-electron chi connectivity index (χ1n) is 13.0. The van der Waals surface area contributed by atoms with E-state index in [2.05, 4.69) is 42.3 Å². The summed E-state index contributed by atoms with van der Waals surface area (Å²) in [5.41, 5.74) is 4.00. The van der Waals surface area contributed by atoms with E-state index in [9.17, 15) is 5.26 Å². The largest absolute Gasteiger partial charge is 0.497 e. The van der Waals surface area contributed by atoms with E-state index in [1.54, 1.807) is 26.4 Å². The Morgan fingerprint density at radius 1 is 0.925 bits per heavy atom. The SMILES string of the molecule is COCCOc1ccc(C#N)c(-c2cc(C(CN(C)Cc3ccc(OC)cc3)c3ccccc3)ccc2Cl)c1F. The van der Waals surface area contributed by atoms with Crippen LogP contribution < -0.4 is 9.47 Å². The smallest absolute Gasteiger partial charge is 0.174 e. The molecule has 4 aromatic rings. The summed E-state index contributed by atoms with van der Waals surface area (Å²) in [5.74, 6) is 0.211. The minimum Gasteiger partial charge on any atom is -0.497 e. The molecule has 0 aliphatic heterocycles. The van der Waals surface area contributed by atoms with Crippen molar-refractivity contribution in [1.29, 1.82) is 5.26 Å². The molecule has 5 nitrogen and oxygen atoms in total. The van der Waals surface area contributed by atoms with Gasteiger partial charge in [0.05, 0.1) is 25.3 Å². The molecule has 0 bridgehead atoms. The zero-order valence-corrected chi connectivity index (χ0v) is 23.6. The predicted molar refractivity (Wildman–Crippen MR) is 157 cm³/mol. The average Bonchev–Trinajstić information content (AvgIpc) is 2.98. The average molecular weight is 559 g/mol. The standard InChI is InChI=1S/C33H32ClFN2O3/c1-37(21-23-9-13-27(39-3)14-10-23)22-29(24-7-5-4-6-8-24)25-11-15-30(34)28(19-25)32-26(20-36)12-16-31(33(32)35)40-18-17-38-2/h4-16,19,29H,17-18,21-22H2,1-3H3. The molecule has 1 unspecified atom stereocenters. The second-order valence-corrected chi connectivity index (χ2v) is 9.91. The molecule has 7 heteroatoms. The van der Waals surface area contributed by atoms with Crippen LogP contribution in [0.25, 0.3) is 11.1 Å². The molecule has 1 atom stereocenters. The Labute approximate surface area is 240 Å². The van der Waals surface area contributed by atoms with Crippen LogP contribution in [0.3, 0.4) is 0 Å². The van der Waals surface area contributed by atoms with Gasteiger partial charge in [-0.3, -0.25) is 0 Å². The molecule has 0 radical (unpaired) electrons. The highest BCUT2D eigenvalue weighted by Crippen LogP contribution is 2.39. The van der Waals surface area contributed by atoms with E-state index in [1.165, 1.54) is 6.07 Å². The lowest BCUT2D eigenvalue weighted by Gasteiger charge is -2.26. The summed E-state index contributed by atoms with van der Waals surface area (Å²) < 4.78 is 31.7. The molecule has 4 rings (SSSR count). The number of hydrogen-bond acceptors (Lipinski definition) is 5. The van der Waals surface area contributed by atoms with Crippen LogP contribution in [0.5, 0.6) is 11.5 Å². The van der Waals surface area contributed by atoms with Crippen LogP contribution in [0.15, 0.2) is 84.9 Å². The Bertz CT molecular complexity index is 1460. The molecule has 0 aliphatic rings. The molecular weight excluding hydrogens is 527 g/mol. The molecule has 0 fully saturated rings. The van der Waals surface area contributed by atoms with Gasteiger partial charge in [-0.05, 0) is 60.1 Å². The number of hydrogen-bond donors (Lipinski definition) is 0. The minimum absolute atomic E-state index is 0.0322. The van der Waals surface area contributed by atoms with Gasteiger partial charge in [0.15, 0.2) is 11.6 Å². The molecule has 40 heavy (non-hydrogen) atoms.